The molecular formula is C18H21N3O2S. The number of ether oxygens (including phenoxy) is 1. The molecule has 1 aliphatic carbocycles. The van der Waals surface area contributed by atoms with Crippen LogP contribution in [0, 0.1) is 5.92 Å². The molecule has 1 aromatic carbocycles. The first kappa shape index (κ1) is 15.7. The van der Waals surface area contributed by atoms with Crippen molar-refractivity contribution in [3.05, 3.63) is 41.7 Å². The van der Waals surface area contributed by atoms with Crippen LogP contribution in [0.1, 0.15) is 49.5 Å². The summed E-state index contributed by atoms with van der Waals surface area (Å²) in [6.07, 6.45) is 2.77. The Bertz CT molecular complexity index is 740. The molecule has 2 heterocycles. The minimum absolute atomic E-state index is 0.0537. The average molecular weight is 343 g/mol. The Morgan fingerprint density at radius 1 is 1.25 bits per heavy atom. The highest BCUT2D eigenvalue weighted by Crippen LogP contribution is 2.43. The molecule has 2 atom stereocenters. The molecule has 1 aromatic heterocycles. The number of methoxy groups -OCH3 is 1. The standard InChI is InChI=1S/C18H21N3O2S/c1-11-8-15(12-6-4-3-5-7-12)21-16(11)19-18(20-21)24-14-9-13(10-14)17(22)23-2/h3-7,11,13-15H,8-10H2,1-2H3/t11-,13?,14?,15-/m0/s1. The monoisotopic (exact) mass is 343 g/mol. The molecule has 0 amide bonds. The van der Waals surface area contributed by atoms with Gasteiger partial charge < -0.3 is 4.74 Å². The van der Waals surface area contributed by atoms with Crippen molar-refractivity contribution in [2.45, 2.75) is 48.6 Å². The van der Waals surface area contributed by atoms with Gasteiger partial charge in [-0.2, -0.15) is 0 Å². The van der Waals surface area contributed by atoms with Gasteiger partial charge in [0, 0.05) is 11.2 Å². The van der Waals surface area contributed by atoms with Gasteiger partial charge in [0.1, 0.15) is 5.82 Å². The molecule has 126 valence electrons. The first-order valence-corrected chi connectivity index (χ1v) is 9.29. The number of esters is 1. The Morgan fingerprint density at radius 2 is 2.00 bits per heavy atom. The largest absolute Gasteiger partial charge is 0.469 e. The van der Waals surface area contributed by atoms with Gasteiger partial charge in [-0.05, 0) is 24.8 Å². The van der Waals surface area contributed by atoms with Crippen LogP contribution in [0.15, 0.2) is 35.5 Å². The third-order valence-corrected chi connectivity index (χ3v) is 6.14. The van der Waals surface area contributed by atoms with Crippen molar-refractivity contribution in [1.82, 2.24) is 14.8 Å². The highest BCUT2D eigenvalue weighted by Gasteiger charge is 2.38. The lowest BCUT2D eigenvalue weighted by molar-refractivity contribution is -0.148. The zero-order valence-electron chi connectivity index (χ0n) is 13.9. The van der Waals surface area contributed by atoms with Crippen molar-refractivity contribution < 1.29 is 9.53 Å². The Balaban J connectivity index is 1.47. The second kappa shape index (κ2) is 6.24. The van der Waals surface area contributed by atoms with Crippen molar-refractivity contribution in [2.75, 3.05) is 7.11 Å². The van der Waals surface area contributed by atoms with E-state index in [1.165, 1.54) is 12.7 Å². The van der Waals surface area contributed by atoms with E-state index >= 15 is 0 Å². The van der Waals surface area contributed by atoms with Gasteiger partial charge in [0.05, 0.1) is 19.1 Å². The third kappa shape index (κ3) is 2.73. The molecule has 2 aliphatic rings. The Morgan fingerprint density at radius 3 is 2.71 bits per heavy atom. The summed E-state index contributed by atoms with van der Waals surface area (Å²) in [5.74, 6) is 1.46. The molecule has 2 aromatic rings. The van der Waals surface area contributed by atoms with E-state index in [1.807, 2.05) is 6.07 Å². The van der Waals surface area contributed by atoms with Crippen molar-refractivity contribution in [3.8, 4) is 0 Å². The molecule has 1 saturated carbocycles. The quantitative estimate of drug-likeness (QED) is 0.796. The molecular weight excluding hydrogens is 322 g/mol. The number of carbonyl (C=O) groups excluding carboxylic acids is 1. The van der Waals surface area contributed by atoms with E-state index in [9.17, 15) is 4.79 Å². The van der Waals surface area contributed by atoms with Gasteiger partial charge in [0.25, 0.3) is 0 Å². The first-order valence-electron chi connectivity index (χ1n) is 8.41. The summed E-state index contributed by atoms with van der Waals surface area (Å²) >= 11 is 1.69. The molecule has 1 aliphatic heterocycles. The van der Waals surface area contributed by atoms with E-state index in [0.717, 1.165) is 30.2 Å². The van der Waals surface area contributed by atoms with Crippen LogP contribution >= 0.6 is 11.8 Å². The molecule has 6 heteroatoms. The number of fused-ring (bicyclic) bond motifs is 1. The number of carbonyl (C=O) groups is 1. The first-order chi connectivity index (χ1) is 11.7. The SMILES string of the molecule is COC(=O)C1CC(Sc2nc3n(n2)[C@H](c2ccccc2)C[C@@H]3C)C1. The molecule has 1 fully saturated rings. The predicted molar refractivity (Wildman–Crippen MR) is 92.0 cm³/mol. The maximum Gasteiger partial charge on any atom is 0.308 e. The van der Waals surface area contributed by atoms with Crippen LogP contribution in [0.4, 0.5) is 0 Å². The van der Waals surface area contributed by atoms with E-state index in [0.29, 0.717) is 11.2 Å². The summed E-state index contributed by atoms with van der Waals surface area (Å²) in [4.78, 5) is 16.2. The predicted octanol–water partition coefficient (Wildman–Crippen LogP) is 3.42. The van der Waals surface area contributed by atoms with Gasteiger partial charge in [-0.1, -0.05) is 49.0 Å². The zero-order valence-corrected chi connectivity index (χ0v) is 14.7. The Hall–Kier alpha value is -1.82. The highest BCUT2D eigenvalue weighted by molar-refractivity contribution is 7.99. The smallest absolute Gasteiger partial charge is 0.308 e. The minimum atomic E-state index is -0.0927. The second-order valence-electron chi connectivity index (χ2n) is 6.69. The minimum Gasteiger partial charge on any atom is -0.469 e. The van der Waals surface area contributed by atoms with Crippen LogP contribution in [0.25, 0.3) is 0 Å². The van der Waals surface area contributed by atoms with E-state index in [2.05, 4.69) is 35.9 Å². The van der Waals surface area contributed by atoms with Gasteiger partial charge in [-0.15, -0.1) is 5.10 Å². The van der Waals surface area contributed by atoms with Crippen LogP contribution in [0.5, 0.6) is 0 Å². The van der Waals surface area contributed by atoms with Crippen molar-refractivity contribution >= 4 is 17.7 Å². The summed E-state index contributed by atoms with van der Waals surface area (Å²) in [6.45, 7) is 2.22. The number of hydrogen-bond acceptors (Lipinski definition) is 5. The lowest BCUT2D eigenvalue weighted by Gasteiger charge is -2.31. The highest BCUT2D eigenvalue weighted by atomic mass is 32.2. The number of hydrogen-bond donors (Lipinski definition) is 0. The fourth-order valence-electron chi connectivity index (χ4n) is 3.59. The van der Waals surface area contributed by atoms with Gasteiger partial charge >= 0.3 is 5.97 Å². The number of nitrogens with zero attached hydrogens (tertiary/aromatic N) is 3. The molecule has 0 bridgehead atoms. The molecule has 0 unspecified atom stereocenters. The molecule has 5 nitrogen and oxygen atoms in total. The summed E-state index contributed by atoms with van der Waals surface area (Å²) in [5, 5.41) is 6.02. The molecule has 0 radical (unpaired) electrons. The maximum atomic E-state index is 11.5. The van der Waals surface area contributed by atoms with Crippen molar-refractivity contribution in [2.24, 2.45) is 5.92 Å². The van der Waals surface area contributed by atoms with Gasteiger partial charge in [0.15, 0.2) is 0 Å². The van der Waals surface area contributed by atoms with Crippen LogP contribution in [0.2, 0.25) is 0 Å². The second-order valence-corrected chi connectivity index (χ2v) is 7.96. The Kier molecular flexibility index (Phi) is 4.08. The molecule has 0 N–H and O–H groups in total. The van der Waals surface area contributed by atoms with Crippen molar-refractivity contribution in [1.29, 1.82) is 0 Å². The average Bonchev–Trinajstić information content (AvgIpc) is 3.11. The van der Waals surface area contributed by atoms with Gasteiger partial charge in [0.2, 0.25) is 5.16 Å². The summed E-state index contributed by atoms with van der Waals surface area (Å²) in [5.41, 5.74) is 1.29. The molecule has 4 rings (SSSR count). The fraction of sp³-hybridized carbons (Fsp3) is 0.500. The van der Waals surface area contributed by atoms with Crippen LogP contribution in [0.3, 0.4) is 0 Å². The zero-order chi connectivity index (χ0) is 16.7. The number of benzene rings is 1. The lowest BCUT2D eigenvalue weighted by Crippen LogP contribution is -2.33. The normalized spacial score (nSPS) is 28.2. The number of rotatable bonds is 4. The number of aromatic nitrogens is 3. The van der Waals surface area contributed by atoms with E-state index in [4.69, 9.17) is 14.8 Å². The fourth-order valence-corrected chi connectivity index (χ4v) is 4.83. The summed E-state index contributed by atoms with van der Waals surface area (Å²) in [6, 6.07) is 10.8. The Labute approximate surface area is 145 Å². The van der Waals surface area contributed by atoms with Crippen molar-refractivity contribution in [3.63, 3.8) is 0 Å². The maximum absolute atomic E-state index is 11.5. The molecule has 0 saturated heterocycles. The van der Waals surface area contributed by atoms with Crippen LogP contribution in [-0.4, -0.2) is 33.1 Å². The molecule has 24 heavy (non-hydrogen) atoms. The van der Waals surface area contributed by atoms with Crippen LogP contribution in [-0.2, 0) is 9.53 Å². The van der Waals surface area contributed by atoms with Gasteiger partial charge in [-0.3, -0.25) is 4.79 Å². The van der Waals surface area contributed by atoms with E-state index in [1.54, 1.807) is 11.8 Å². The lowest BCUT2D eigenvalue weighted by atomic mass is 9.85. The topological polar surface area (TPSA) is 57.0 Å². The van der Waals surface area contributed by atoms with Crippen LogP contribution < -0.4 is 0 Å². The van der Waals surface area contributed by atoms with Gasteiger partial charge in [-0.25, -0.2) is 9.67 Å². The van der Waals surface area contributed by atoms with E-state index in [-0.39, 0.29) is 17.9 Å². The third-order valence-electron chi connectivity index (χ3n) is 5.04. The number of thioether (sulfide) groups is 1. The summed E-state index contributed by atoms with van der Waals surface area (Å²) < 4.78 is 6.89. The summed E-state index contributed by atoms with van der Waals surface area (Å²) in [7, 11) is 1.45. The molecule has 0 spiro atoms. The van der Waals surface area contributed by atoms with E-state index < -0.39 is 0 Å².